The quantitative estimate of drug-likeness (QED) is 0.910. The lowest BCUT2D eigenvalue weighted by atomic mass is 10.1. The van der Waals surface area contributed by atoms with Gasteiger partial charge in [0.05, 0.1) is 17.5 Å². The Kier molecular flexibility index (Phi) is 4.53. The van der Waals surface area contributed by atoms with Crippen LogP contribution in [0.25, 0.3) is 0 Å². The van der Waals surface area contributed by atoms with Crippen LogP contribution >= 0.6 is 23.2 Å². The largest absolute Gasteiger partial charge is 0.491 e. The highest BCUT2D eigenvalue weighted by Gasteiger charge is 2.16. The first kappa shape index (κ1) is 13.3. The molecule has 0 spiro atoms. The monoisotopic (exact) mass is 286 g/mol. The first-order valence-electron chi connectivity index (χ1n) is 5.44. The normalized spacial score (nSPS) is 12.4. The maximum atomic E-state index is 9.32. The van der Waals surface area contributed by atoms with E-state index in [4.69, 9.17) is 32.4 Å². The van der Waals surface area contributed by atoms with E-state index >= 15 is 0 Å². The minimum Gasteiger partial charge on any atom is -0.491 e. The molecule has 1 heterocycles. The summed E-state index contributed by atoms with van der Waals surface area (Å²) in [6.45, 7) is 0.179. The van der Waals surface area contributed by atoms with Crippen molar-refractivity contribution in [3.8, 4) is 5.75 Å². The van der Waals surface area contributed by atoms with Gasteiger partial charge in [-0.1, -0.05) is 23.7 Å². The Hall–Kier alpha value is -1.16. The molecule has 0 saturated heterocycles. The van der Waals surface area contributed by atoms with Gasteiger partial charge in [0.25, 0.3) is 0 Å². The average molecular weight is 287 g/mol. The first-order chi connectivity index (χ1) is 8.70. The van der Waals surface area contributed by atoms with Gasteiger partial charge in [-0.05, 0) is 35.9 Å². The van der Waals surface area contributed by atoms with E-state index in [0.717, 1.165) is 0 Å². The standard InChI is InChI=1S/C13H12Cl2O3/c14-10-3-1-2-4-12(10)17-8-9(7-16)11-5-6-13(15)18-11/h1-6,9,16H,7-8H2. The number of benzene rings is 1. The zero-order valence-electron chi connectivity index (χ0n) is 9.48. The zero-order valence-corrected chi connectivity index (χ0v) is 11.0. The van der Waals surface area contributed by atoms with Gasteiger partial charge >= 0.3 is 0 Å². The fraction of sp³-hybridized carbons (Fsp3) is 0.231. The summed E-state index contributed by atoms with van der Waals surface area (Å²) >= 11 is 11.7. The van der Waals surface area contributed by atoms with Crippen LogP contribution in [0.15, 0.2) is 40.8 Å². The van der Waals surface area contributed by atoms with E-state index in [0.29, 0.717) is 21.8 Å². The minimum absolute atomic E-state index is 0.0890. The van der Waals surface area contributed by atoms with Crippen LogP contribution in [-0.2, 0) is 0 Å². The van der Waals surface area contributed by atoms with Crippen molar-refractivity contribution in [2.24, 2.45) is 0 Å². The van der Waals surface area contributed by atoms with Gasteiger partial charge in [-0.2, -0.15) is 0 Å². The molecule has 0 fully saturated rings. The molecule has 0 aliphatic rings. The van der Waals surface area contributed by atoms with Gasteiger partial charge in [0.15, 0.2) is 5.22 Å². The SMILES string of the molecule is OCC(COc1ccccc1Cl)c1ccc(Cl)o1. The third-order valence-corrected chi connectivity index (χ3v) is 3.01. The highest BCUT2D eigenvalue weighted by Crippen LogP contribution is 2.26. The van der Waals surface area contributed by atoms with Crippen LogP contribution in [0.4, 0.5) is 0 Å². The molecule has 2 aromatic rings. The van der Waals surface area contributed by atoms with Gasteiger partial charge in [0.1, 0.15) is 18.1 Å². The van der Waals surface area contributed by atoms with E-state index in [-0.39, 0.29) is 19.1 Å². The van der Waals surface area contributed by atoms with Crippen LogP contribution in [0.2, 0.25) is 10.2 Å². The number of para-hydroxylation sites is 1. The van der Waals surface area contributed by atoms with E-state index in [9.17, 15) is 5.11 Å². The van der Waals surface area contributed by atoms with Crippen molar-refractivity contribution >= 4 is 23.2 Å². The van der Waals surface area contributed by atoms with Gasteiger partial charge < -0.3 is 14.3 Å². The molecule has 1 unspecified atom stereocenters. The molecule has 0 radical (unpaired) electrons. The minimum atomic E-state index is -0.270. The van der Waals surface area contributed by atoms with E-state index in [1.165, 1.54) is 0 Å². The Bertz CT molecular complexity index is 510. The number of halogens is 2. The Labute approximate surface area is 115 Å². The molecule has 0 aliphatic heterocycles. The molecular weight excluding hydrogens is 275 g/mol. The van der Waals surface area contributed by atoms with Crippen molar-refractivity contribution in [2.75, 3.05) is 13.2 Å². The summed E-state index contributed by atoms with van der Waals surface area (Å²) in [6.07, 6.45) is 0. The molecule has 1 aromatic carbocycles. The van der Waals surface area contributed by atoms with Crippen LogP contribution in [0, 0.1) is 0 Å². The van der Waals surface area contributed by atoms with Crippen LogP contribution in [0.5, 0.6) is 5.75 Å². The van der Waals surface area contributed by atoms with Gasteiger partial charge in [0, 0.05) is 0 Å². The zero-order chi connectivity index (χ0) is 13.0. The second-order valence-electron chi connectivity index (χ2n) is 3.76. The van der Waals surface area contributed by atoms with Crippen molar-refractivity contribution < 1.29 is 14.3 Å². The molecular formula is C13H12Cl2O3. The lowest BCUT2D eigenvalue weighted by Gasteiger charge is -2.13. The Morgan fingerprint density at radius 3 is 2.56 bits per heavy atom. The van der Waals surface area contributed by atoms with E-state index in [2.05, 4.69) is 0 Å². The Morgan fingerprint density at radius 2 is 1.94 bits per heavy atom. The molecule has 96 valence electrons. The van der Waals surface area contributed by atoms with Gasteiger partial charge in [-0.15, -0.1) is 0 Å². The summed E-state index contributed by atoms with van der Waals surface area (Å²) in [4.78, 5) is 0. The third kappa shape index (κ3) is 3.19. The maximum Gasteiger partial charge on any atom is 0.193 e. The van der Waals surface area contributed by atoms with Crippen LogP contribution in [-0.4, -0.2) is 18.3 Å². The predicted molar refractivity (Wildman–Crippen MR) is 70.5 cm³/mol. The predicted octanol–water partition coefficient (Wildman–Crippen LogP) is 3.74. The molecule has 1 N–H and O–H groups in total. The van der Waals surface area contributed by atoms with E-state index < -0.39 is 0 Å². The van der Waals surface area contributed by atoms with Crippen LogP contribution < -0.4 is 4.74 Å². The summed E-state index contributed by atoms with van der Waals surface area (Å²) < 4.78 is 10.8. The lowest BCUT2D eigenvalue weighted by molar-refractivity contribution is 0.190. The number of aliphatic hydroxyl groups is 1. The van der Waals surface area contributed by atoms with Crippen LogP contribution in [0.3, 0.4) is 0 Å². The molecule has 3 nitrogen and oxygen atoms in total. The van der Waals surface area contributed by atoms with E-state index in [1.807, 2.05) is 12.1 Å². The average Bonchev–Trinajstić information content (AvgIpc) is 2.79. The third-order valence-electron chi connectivity index (χ3n) is 2.49. The number of hydrogen-bond donors (Lipinski definition) is 1. The van der Waals surface area contributed by atoms with Gasteiger partial charge in [0.2, 0.25) is 0 Å². The number of furan rings is 1. The summed E-state index contributed by atoms with van der Waals surface area (Å²) in [6, 6.07) is 10.5. The van der Waals surface area contributed by atoms with Crippen molar-refractivity contribution in [1.82, 2.24) is 0 Å². The molecule has 0 amide bonds. The highest BCUT2D eigenvalue weighted by atomic mass is 35.5. The molecule has 2 rings (SSSR count). The fourth-order valence-corrected chi connectivity index (χ4v) is 1.87. The summed E-state index contributed by atoms with van der Waals surface area (Å²) in [5.74, 6) is 0.901. The number of hydrogen-bond acceptors (Lipinski definition) is 3. The maximum absolute atomic E-state index is 9.32. The smallest absolute Gasteiger partial charge is 0.193 e. The molecule has 18 heavy (non-hydrogen) atoms. The summed E-state index contributed by atoms with van der Waals surface area (Å²) in [5, 5.41) is 10.1. The van der Waals surface area contributed by atoms with Gasteiger partial charge in [-0.25, -0.2) is 0 Å². The molecule has 1 atom stereocenters. The second-order valence-corrected chi connectivity index (χ2v) is 4.54. The number of rotatable bonds is 5. The fourth-order valence-electron chi connectivity index (χ4n) is 1.52. The van der Waals surface area contributed by atoms with Crippen molar-refractivity contribution in [3.05, 3.63) is 52.4 Å². The van der Waals surface area contributed by atoms with Crippen molar-refractivity contribution in [3.63, 3.8) is 0 Å². The topological polar surface area (TPSA) is 42.6 Å². The van der Waals surface area contributed by atoms with Crippen molar-refractivity contribution in [1.29, 1.82) is 0 Å². The molecule has 0 bridgehead atoms. The first-order valence-corrected chi connectivity index (χ1v) is 6.19. The molecule has 0 saturated carbocycles. The second kappa shape index (κ2) is 6.14. The molecule has 0 aliphatic carbocycles. The summed E-state index contributed by atoms with van der Waals surface area (Å²) in [7, 11) is 0. The lowest BCUT2D eigenvalue weighted by Crippen LogP contribution is -2.13. The Morgan fingerprint density at radius 1 is 1.17 bits per heavy atom. The highest BCUT2D eigenvalue weighted by molar-refractivity contribution is 6.32. The Balaban J connectivity index is 2.02. The van der Waals surface area contributed by atoms with Crippen molar-refractivity contribution in [2.45, 2.75) is 5.92 Å². The van der Waals surface area contributed by atoms with Crippen LogP contribution in [0.1, 0.15) is 11.7 Å². The van der Waals surface area contributed by atoms with E-state index in [1.54, 1.807) is 24.3 Å². The number of aliphatic hydroxyl groups excluding tert-OH is 1. The number of ether oxygens (including phenoxy) is 1. The van der Waals surface area contributed by atoms with Gasteiger partial charge in [-0.3, -0.25) is 0 Å². The molecule has 5 heteroatoms. The molecule has 1 aromatic heterocycles. The summed E-state index contributed by atoms with van der Waals surface area (Å²) in [5.41, 5.74) is 0.